The minimum absolute atomic E-state index is 0.280. The molecule has 29 heavy (non-hydrogen) atoms. The minimum atomic E-state index is -3.77. The highest BCUT2D eigenvalue weighted by atomic mass is 79.9. The molecule has 0 saturated carbocycles. The van der Waals surface area contributed by atoms with Crippen molar-refractivity contribution in [1.82, 2.24) is 3.97 Å². The number of nitrogens with zero attached hydrogens (tertiary/aromatic N) is 2. The summed E-state index contributed by atoms with van der Waals surface area (Å²) in [5.41, 5.74) is 4.30. The van der Waals surface area contributed by atoms with E-state index in [1.54, 1.807) is 12.1 Å². The first kappa shape index (κ1) is 18.3. The van der Waals surface area contributed by atoms with E-state index in [1.165, 1.54) is 3.97 Å². The summed E-state index contributed by atoms with van der Waals surface area (Å²) in [5.74, 6) is 0. The Morgan fingerprint density at radius 2 is 1.62 bits per heavy atom. The Balaban J connectivity index is 1.99. The predicted molar refractivity (Wildman–Crippen MR) is 120 cm³/mol. The van der Waals surface area contributed by atoms with Crippen molar-refractivity contribution in [3.8, 4) is 0 Å². The highest BCUT2D eigenvalue weighted by Gasteiger charge is 2.28. The van der Waals surface area contributed by atoms with E-state index in [0.29, 0.717) is 11.0 Å². The lowest BCUT2D eigenvalue weighted by atomic mass is 10.1. The quantitative estimate of drug-likeness (QED) is 0.341. The Hall–Kier alpha value is -2.70. The number of halogens is 1. The molecule has 5 aromatic rings. The van der Waals surface area contributed by atoms with Crippen LogP contribution in [0.15, 0.2) is 82.2 Å². The van der Waals surface area contributed by atoms with Crippen LogP contribution < -0.4 is 4.57 Å². The lowest BCUT2D eigenvalue weighted by molar-refractivity contribution is -0.616. The average molecular weight is 466 g/mol. The SMILES string of the molecule is Cc1ccc(S(=O)(=O)n2c3ccccc3c3c2cc2cc(Br)ccc2[n+]3C)cc1. The van der Waals surface area contributed by atoms with Crippen LogP contribution in [0.2, 0.25) is 0 Å². The lowest BCUT2D eigenvalue weighted by Gasteiger charge is -2.09. The lowest BCUT2D eigenvalue weighted by Crippen LogP contribution is -2.30. The number of aryl methyl sites for hydroxylation is 2. The number of rotatable bonds is 2. The Labute approximate surface area is 177 Å². The third kappa shape index (κ3) is 2.70. The molecular formula is C23H18BrN2O2S+. The Bertz CT molecular complexity index is 1540. The van der Waals surface area contributed by atoms with Gasteiger partial charge in [-0.1, -0.05) is 45.8 Å². The maximum atomic E-state index is 13.7. The summed E-state index contributed by atoms with van der Waals surface area (Å²) < 4.78 is 31.9. The second kappa shape index (κ2) is 6.40. The molecule has 0 spiro atoms. The summed E-state index contributed by atoms with van der Waals surface area (Å²) in [6, 6.07) is 22.7. The smallest absolute Gasteiger partial charge is 0.227 e. The summed E-state index contributed by atoms with van der Waals surface area (Å²) in [7, 11) is -1.79. The summed E-state index contributed by atoms with van der Waals surface area (Å²) in [6.07, 6.45) is 0. The van der Waals surface area contributed by atoms with Gasteiger partial charge in [-0.2, -0.15) is 4.57 Å². The van der Waals surface area contributed by atoms with Gasteiger partial charge in [0.05, 0.1) is 15.8 Å². The molecule has 0 atom stereocenters. The fourth-order valence-electron chi connectivity index (χ4n) is 3.98. The van der Waals surface area contributed by atoms with Crippen molar-refractivity contribution in [3.05, 3.63) is 82.8 Å². The molecule has 6 heteroatoms. The summed E-state index contributed by atoms with van der Waals surface area (Å²) in [5, 5.41) is 1.88. The van der Waals surface area contributed by atoms with Gasteiger partial charge in [0.1, 0.15) is 12.6 Å². The molecule has 4 nitrogen and oxygen atoms in total. The fourth-order valence-corrected chi connectivity index (χ4v) is 5.87. The predicted octanol–water partition coefficient (Wildman–Crippen LogP) is 5.08. The molecule has 0 radical (unpaired) electrons. The van der Waals surface area contributed by atoms with Crippen molar-refractivity contribution in [2.75, 3.05) is 0 Å². The van der Waals surface area contributed by atoms with E-state index in [0.717, 1.165) is 31.8 Å². The van der Waals surface area contributed by atoms with Crippen LogP contribution in [0.3, 0.4) is 0 Å². The van der Waals surface area contributed by atoms with E-state index < -0.39 is 10.0 Å². The second-order valence-electron chi connectivity index (χ2n) is 7.24. The second-order valence-corrected chi connectivity index (χ2v) is 9.94. The maximum absolute atomic E-state index is 13.7. The first-order valence-electron chi connectivity index (χ1n) is 9.21. The van der Waals surface area contributed by atoms with Crippen LogP contribution in [0.5, 0.6) is 0 Å². The zero-order valence-electron chi connectivity index (χ0n) is 15.9. The Morgan fingerprint density at radius 1 is 0.897 bits per heavy atom. The van der Waals surface area contributed by atoms with E-state index >= 15 is 0 Å². The van der Waals surface area contributed by atoms with Crippen molar-refractivity contribution in [2.24, 2.45) is 7.05 Å². The molecular weight excluding hydrogens is 448 g/mol. The monoisotopic (exact) mass is 465 g/mol. The van der Waals surface area contributed by atoms with Crippen LogP contribution in [0.1, 0.15) is 5.56 Å². The molecule has 3 aromatic carbocycles. The number of aromatic nitrogens is 2. The van der Waals surface area contributed by atoms with Crippen molar-refractivity contribution in [2.45, 2.75) is 11.8 Å². The van der Waals surface area contributed by atoms with Crippen molar-refractivity contribution in [1.29, 1.82) is 0 Å². The van der Waals surface area contributed by atoms with Crippen LogP contribution in [0, 0.1) is 6.92 Å². The van der Waals surface area contributed by atoms with Crippen molar-refractivity contribution in [3.63, 3.8) is 0 Å². The molecule has 0 bridgehead atoms. The van der Waals surface area contributed by atoms with Gasteiger partial charge in [-0.15, -0.1) is 0 Å². The zero-order valence-corrected chi connectivity index (χ0v) is 18.3. The molecule has 2 heterocycles. The molecule has 0 unspecified atom stereocenters. The molecule has 144 valence electrons. The maximum Gasteiger partial charge on any atom is 0.268 e. The highest BCUT2D eigenvalue weighted by Crippen LogP contribution is 2.33. The molecule has 0 saturated heterocycles. The normalized spacial score (nSPS) is 12.2. The highest BCUT2D eigenvalue weighted by molar-refractivity contribution is 9.10. The van der Waals surface area contributed by atoms with E-state index in [4.69, 9.17) is 0 Å². The first-order valence-corrected chi connectivity index (χ1v) is 11.4. The molecule has 2 aromatic heterocycles. The molecule has 0 fully saturated rings. The van der Waals surface area contributed by atoms with E-state index in [1.807, 2.05) is 74.6 Å². The van der Waals surface area contributed by atoms with Gasteiger partial charge in [0.15, 0.2) is 0 Å². The molecule has 5 rings (SSSR count). The molecule has 0 aliphatic rings. The van der Waals surface area contributed by atoms with Crippen LogP contribution in [0.25, 0.3) is 32.8 Å². The van der Waals surface area contributed by atoms with Gasteiger partial charge in [-0.3, -0.25) is 0 Å². The van der Waals surface area contributed by atoms with E-state index in [9.17, 15) is 8.42 Å². The van der Waals surface area contributed by atoms with Crippen LogP contribution in [0.4, 0.5) is 0 Å². The number of fused-ring (bicyclic) bond motifs is 4. The summed E-state index contributed by atoms with van der Waals surface area (Å²) in [6.45, 7) is 1.95. The van der Waals surface area contributed by atoms with Crippen molar-refractivity contribution >= 4 is 58.8 Å². The minimum Gasteiger partial charge on any atom is -0.227 e. The number of benzene rings is 3. The van der Waals surface area contributed by atoms with Gasteiger partial charge >= 0.3 is 0 Å². The van der Waals surface area contributed by atoms with Gasteiger partial charge in [-0.25, -0.2) is 12.4 Å². The number of hydrogen-bond acceptors (Lipinski definition) is 2. The van der Waals surface area contributed by atoms with Gasteiger partial charge < -0.3 is 0 Å². The number of para-hydroxylation sites is 1. The topological polar surface area (TPSA) is 43.0 Å². The van der Waals surface area contributed by atoms with Gasteiger partial charge in [-0.05, 0) is 49.4 Å². The van der Waals surface area contributed by atoms with Gasteiger partial charge in [0, 0.05) is 15.9 Å². The average Bonchev–Trinajstić information content (AvgIpc) is 3.03. The molecule has 0 N–H and O–H groups in total. The van der Waals surface area contributed by atoms with Crippen LogP contribution in [-0.2, 0) is 17.1 Å². The fraction of sp³-hybridized carbons (Fsp3) is 0.0870. The standard InChI is InChI=1S/C23H18BrN2O2S/c1-15-7-10-18(11-8-15)29(27,28)26-21-6-4-3-5-19(21)23-22(26)14-16-13-17(24)9-12-20(16)25(23)2/h3-14H,1-2H3/q+1. The van der Waals surface area contributed by atoms with Crippen LogP contribution >= 0.6 is 15.9 Å². The van der Waals surface area contributed by atoms with Gasteiger partial charge in [0.2, 0.25) is 11.0 Å². The largest absolute Gasteiger partial charge is 0.268 e. The van der Waals surface area contributed by atoms with E-state index in [-0.39, 0.29) is 4.90 Å². The molecule has 0 aliphatic heterocycles. The van der Waals surface area contributed by atoms with E-state index in [2.05, 4.69) is 20.5 Å². The molecule has 0 amide bonds. The van der Waals surface area contributed by atoms with Crippen molar-refractivity contribution < 1.29 is 13.0 Å². The zero-order chi connectivity index (χ0) is 20.3. The Kier molecular flexibility index (Phi) is 4.05. The Morgan fingerprint density at radius 3 is 2.38 bits per heavy atom. The molecule has 0 aliphatic carbocycles. The third-order valence-electron chi connectivity index (χ3n) is 5.38. The van der Waals surface area contributed by atoms with Gasteiger partial charge in [0.25, 0.3) is 10.0 Å². The summed E-state index contributed by atoms with van der Waals surface area (Å²) >= 11 is 3.52. The first-order chi connectivity index (χ1) is 13.9. The van der Waals surface area contributed by atoms with Crippen LogP contribution in [-0.4, -0.2) is 12.4 Å². The summed E-state index contributed by atoms with van der Waals surface area (Å²) in [4.78, 5) is 0.280. The number of pyridine rings is 1. The number of hydrogen-bond donors (Lipinski definition) is 0. The third-order valence-corrected chi connectivity index (χ3v) is 7.61.